The van der Waals surface area contributed by atoms with Gasteiger partial charge in [-0.05, 0) is 97.2 Å². The molecule has 0 unspecified atom stereocenters. The van der Waals surface area contributed by atoms with Gasteiger partial charge in [-0.2, -0.15) is 0 Å². The van der Waals surface area contributed by atoms with E-state index in [2.05, 4.69) is 62.4 Å². The van der Waals surface area contributed by atoms with Crippen LogP contribution in [-0.2, 0) is 22.4 Å². The number of allylic oxidation sites excluding steroid dienone is 6. The summed E-state index contributed by atoms with van der Waals surface area (Å²) >= 11 is 0. The van der Waals surface area contributed by atoms with Gasteiger partial charge in [-0.1, -0.05) is 121 Å². The number of carboxylic acid groups (broad SMARTS) is 2. The third kappa shape index (κ3) is 11.9. The second-order valence-corrected chi connectivity index (χ2v) is 14.1. The third-order valence-electron chi connectivity index (χ3n) is 10.3. The second-order valence-electron chi connectivity index (χ2n) is 14.1. The van der Waals surface area contributed by atoms with Gasteiger partial charge in [0.2, 0.25) is 11.8 Å². The highest BCUT2D eigenvalue weighted by Crippen LogP contribution is 2.23. The Morgan fingerprint density at radius 1 is 0.554 bits per heavy atom. The number of benzene rings is 4. The van der Waals surface area contributed by atoms with Crippen LogP contribution in [0.2, 0.25) is 0 Å². The van der Waals surface area contributed by atoms with Crippen LogP contribution in [-0.4, -0.2) is 68.9 Å². The zero-order valence-corrected chi connectivity index (χ0v) is 32.1. The first-order valence-corrected chi connectivity index (χ1v) is 19.1. The number of hydrogen-bond acceptors (Lipinski definition) is 4. The van der Waals surface area contributed by atoms with Crippen LogP contribution in [0.5, 0.6) is 0 Å². The summed E-state index contributed by atoms with van der Waals surface area (Å²) in [6.07, 6.45) is 16.7. The molecule has 0 bridgehead atoms. The minimum atomic E-state index is -0.926. The predicted molar refractivity (Wildman–Crippen MR) is 222 cm³/mol. The molecule has 8 heteroatoms. The lowest BCUT2D eigenvalue weighted by molar-refractivity contribution is -0.129. The molecule has 2 aliphatic heterocycles. The van der Waals surface area contributed by atoms with Gasteiger partial charge in [0, 0.05) is 25.9 Å². The first kappa shape index (κ1) is 40.9. The van der Waals surface area contributed by atoms with Gasteiger partial charge < -0.3 is 20.0 Å². The quantitative estimate of drug-likeness (QED) is 0.124. The molecule has 2 atom stereocenters. The van der Waals surface area contributed by atoms with Crippen LogP contribution in [0.25, 0.3) is 11.1 Å². The van der Waals surface area contributed by atoms with E-state index in [1.54, 1.807) is 24.3 Å². The standard InChI is InChI=1S/2C24H25NO3/c2*1-18(20-7-3-2-4-8-20)6-5-9-22-14-15-23(26)25(22)17-16-19-10-12-21(13-11-19)24(27)28/h2*2-13,22H,14-17H2,1H3,(H,27,28)/b9-5+,18-6-;9-5-,18-6-/t2*22-/m00/s1. The number of carbonyl (C=O) groups is 4. The van der Waals surface area contributed by atoms with Crippen molar-refractivity contribution < 1.29 is 29.4 Å². The minimum absolute atomic E-state index is 0.116. The Hall–Kier alpha value is -6.28. The molecule has 56 heavy (non-hydrogen) atoms. The fraction of sp³-hybridized carbons (Fsp3) is 0.250. The van der Waals surface area contributed by atoms with Gasteiger partial charge in [-0.3, -0.25) is 9.59 Å². The Kier molecular flexibility index (Phi) is 14.9. The Morgan fingerprint density at radius 3 is 1.25 bits per heavy atom. The monoisotopic (exact) mass is 750 g/mol. The molecule has 2 amide bonds. The van der Waals surface area contributed by atoms with Gasteiger partial charge in [0.1, 0.15) is 0 Å². The van der Waals surface area contributed by atoms with Gasteiger partial charge in [-0.25, -0.2) is 9.59 Å². The summed E-state index contributed by atoms with van der Waals surface area (Å²) in [5.74, 6) is -1.49. The lowest BCUT2D eigenvalue weighted by atomic mass is 10.1. The van der Waals surface area contributed by atoms with Crippen molar-refractivity contribution >= 4 is 34.9 Å². The summed E-state index contributed by atoms with van der Waals surface area (Å²) < 4.78 is 0. The molecule has 2 saturated heterocycles. The topological polar surface area (TPSA) is 115 Å². The van der Waals surface area contributed by atoms with E-state index in [9.17, 15) is 19.2 Å². The average molecular weight is 751 g/mol. The molecule has 0 spiro atoms. The summed E-state index contributed by atoms with van der Waals surface area (Å²) in [5, 5.41) is 18.0. The number of likely N-dealkylation sites (tertiary alicyclic amines) is 2. The highest BCUT2D eigenvalue weighted by atomic mass is 16.4. The number of hydrogen-bond donors (Lipinski definition) is 2. The maximum absolute atomic E-state index is 12.3. The van der Waals surface area contributed by atoms with E-state index < -0.39 is 11.9 Å². The van der Waals surface area contributed by atoms with Crippen LogP contribution in [0.3, 0.4) is 0 Å². The van der Waals surface area contributed by atoms with Crippen LogP contribution in [0.4, 0.5) is 0 Å². The molecule has 4 aromatic rings. The molecule has 0 aliphatic carbocycles. The maximum Gasteiger partial charge on any atom is 0.335 e. The lowest BCUT2D eigenvalue weighted by Gasteiger charge is -2.22. The Balaban J connectivity index is 0.000000214. The lowest BCUT2D eigenvalue weighted by Crippen LogP contribution is -2.33. The highest BCUT2D eigenvalue weighted by Gasteiger charge is 2.29. The fourth-order valence-corrected chi connectivity index (χ4v) is 6.87. The van der Waals surface area contributed by atoms with Crippen molar-refractivity contribution in [2.24, 2.45) is 0 Å². The van der Waals surface area contributed by atoms with E-state index in [0.717, 1.165) is 36.8 Å². The smallest absolute Gasteiger partial charge is 0.335 e. The molecule has 2 heterocycles. The Bertz CT molecular complexity index is 1910. The van der Waals surface area contributed by atoms with E-state index in [1.165, 1.54) is 22.3 Å². The van der Waals surface area contributed by atoms with Crippen molar-refractivity contribution in [2.45, 2.75) is 64.5 Å². The maximum atomic E-state index is 12.3. The Morgan fingerprint density at radius 2 is 0.911 bits per heavy atom. The van der Waals surface area contributed by atoms with Gasteiger partial charge >= 0.3 is 11.9 Å². The summed E-state index contributed by atoms with van der Waals surface area (Å²) in [6.45, 7) is 5.44. The number of rotatable bonds is 14. The molecule has 0 saturated carbocycles. The molecular weight excluding hydrogens is 701 g/mol. The largest absolute Gasteiger partial charge is 0.478 e. The molecule has 2 N–H and O–H groups in total. The van der Waals surface area contributed by atoms with Crippen molar-refractivity contribution in [2.75, 3.05) is 13.1 Å². The van der Waals surface area contributed by atoms with E-state index in [1.807, 2.05) is 82.6 Å². The van der Waals surface area contributed by atoms with Crippen molar-refractivity contribution in [3.63, 3.8) is 0 Å². The Labute approximate surface area is 329 Å². The van der Waals surface area contributed by atoms with E-state index in [-0.39, 0.29) is 35.0 Å². The first-order chi connectivity index (χ1) is 27.1. The zero-order chi connectivity index (χ0) is 39.9. The summed E-state index contributed by atoms with van der Waals surface area (Å²) in [5.41, 5.74) is 7.38. The van der Waals surface area contributed by atoms with Gasteiger partial charge in [0.15, 0.2) is 0 Å². The van der Waals surface area contributed by atoms with Gasteiger partial charge in [-0.15, -0.1) is 0 Å². The first-order valence-electron chi connectivity index (χ1n) is 19.1. The van der Waals surface area contributed by atoms with Crippen molar-refractivity contribution in [3.05, 3.63) is 179 Å². The number of nitrogens with zero attached hydrogens (tertiary/aromatic N) is 2. The van der Waals surface area contributed by atoms with Gasteiger partial charge in [0.25, 0.3) is 0 Å². The predicted octanol–water partition coefficient (Wildman–Crippen LogP) is 9.16. The number of carbonyl (C=O) groups excluding carboxylic acids is 2. The van der Waals surface area contributed by atoms with Crippen LogP contribution < -0.4 is 0 Å². The molecular formula is C48H50N2O6. The van der Waals surface area contributed by atoms with Crippen LogP contribution in [0.1, 0.15) is 82.5 Å². The molecule has 8 nitrogen and oxygen atoms in total. The third-order valence-corrected chi connectivity index (χ3v) is 10.3. The molecule has 288 valence electrons. The number of amides is 2. The second kappa shape index (κ2) is 20.4. The average Bonchev–Trinajstić information content (AvgIpc) is 3.76. The van der Waals surface area contributed by atoms with Gasteiger partial charge in [0.05, 0.1) is 23.2 Å². The molecule has 2 aliphatic rings. The molecule has 0 aromatic heterocycles. The van der Waals surface area contributed by atoms with E-state index in [4.69, 9.17) is 10.2 Å². The van der Waals surface area contributed by atoms with Crippen LogP contribution >= 0.6 is 0 Å². The molecule has 4 aromatic carbocycles. The summed E-state index contributed by atoms with van der Waals surface area (Å²) in [4.78, 5) is 50.3. The normalized spacial score (nSPS) is 17.5. The summed E-state index contributed by atoms with van der Waals surface area (Å²) in [7, 11) is 0. The highest BCUT2D eigenvalue weighted by molar-refractivity contribution is 5.88. The fourth-order valence-electron chi connectivity index (χ4n) is 6.87. The zero-order valence-electron chi connectivity index (χ0n) is 32.1. The van der Waals surface area contributed by atoms with Crippen molar-refractivity contribution in [1.29, 1.82) is 0 Å². The number of carboxylic acids is 2. The molecule has 6 rings (SSSR count). The number of aromatic carboxylic acids is 2. The SMILES string of the molecule is C/C(=C/C=C/[C@H]1CCC(=O)N1CCc1ccc(C(=O)O)cc1)c1ccccc1.C/C(=C/C=C\[C@H]1CCC(=O)N1CCc1ccc(C(=O)O)cc1)c1ccccc1. The molecule has 0 radical (unpaired) electrons. The van der Waals surface area contributed by atoms with Crippen LogP contribution in [0, 0.1) is 0 Å². The minimum Gasteiger partial charge on any atom is -0.478 e. The van der Waals surface area contributed by atoms with Crippen molar-refractivity contribution in [1.82, 2.24) is 9.80 Å². The summed E-state index contributed by atoms with van der Waals surface area (Å²) in [6, 6.07) is 34.4. The van der Waals surface area contributed by atoms with E-state index in [0.29, 0.717) is 25.9 Å². The van der Waals surface area contributed by atoms with Crippen LogP contribution in [0.15, 0.2) is 146 Å². The van der Waals surface area contributed by atoms with E-state index >= 15 is 0 Å². The molecule has 2 fully saturated rings. The van der Waals surface area contributed by atoms with Crippen molar-refractivity contribution in [3.8, 4) is 0 Å².